The zero-order valence-corrected chi connectivity index (χ0v) is 18.4. The fourth-order valence-electron chi connectivity index (χ4n) is 4.20. The van der Waals surface area contributed by atoms with Crippen molar-refractivity contribution < 1.29 is 4.74 Å². The summed E-state index contributed by atoms with van der Waals surface area (Å²) in [6.07, 6.45) is 2.31. The van der Waals surface area contributed by atoms with Crippen molar-refractivity contribution in [1.82, 2.24) is 9.47 Å². The summed E-state index contributed by atoms with van der Waals surface area (Å²) in [5.41, 5.74) is 5.07. The maximum Gasteiger partial charge on any atom is 0.135 e. The third-order valence-electron chi connectivity index (χ3n) is 5.43. The fourth-order valence-corrected chi connectivity index (χ4v) is 4.20. The van der Waals surface area contributed by atoms with E-state index in [1.165, 1.54) is 22.6 Å². The Bertz CT molecular complexity index is 963. The van der Waals surface area contributed by atoms with Gasteiger partial charge in [-0.3, -0.25) is 4.90 Å². The van der Waals surface area contributed by atoms with Crippen LogP contribution in [0.1, 0.15) is 25.0 Å². The Labute approximate surface area is 179 Å². The van der Waals surface area contributed by atoms with Crippen LogP contribution in [0.4, 0.5) is 17.2 Å². The Morgan fingerprint density at radius 2 is 1.77 bits per heavy atom. The Balaban J connectivity index is 1.74. The van der Waals surface area contributed by atoms with Gasteiger partial charge in [-0.25, -0.2) is 0 Å². The number of hydrogen-bond donors (Lipinski definition) is 1. The number of nitrogens with one attached hydrogen (secondary N) is 1. The van der Waals surface area contributed by atoms with Crippen molar-refractivity contribution in [3.05, 3.63) is 71.9 Å². The van der Waals surface area contributed by atoms with E-state index in [1.54, 1.807) is 7.11 Å². The van der Waals surface area contributed by atoms with E-state index in [1.807, 2.05) is 12.1 Å². The molecule has 0 amide bonds. The monoisotopic (exact) mass is 404 g/mol. The second-order valence-corrected chi connectivity index (χ2v) is 8.59. The van der Waals surface area contributed by atoms with Gasteiger partial charge in [-0.2, -0.15) is 0 Å². The molecule has 4 rings (SSSR count). The van der Waals surface area contributed by atoms with Gasteiger partial charge in [-0.1, -0.05) is 44.2 Å². The van der Waals surface area contributed by atoms with Crippen LogP contribution in [0, 0.1) is 5.92 Å². The van der Waals surface area contributed by atoms with Crippen LogP contribution in [-0.2, 0) is 13.1 Å². The first-order chi connectivity index (χ1) is 14.5. The molecule has 1 aliphatic heterocycles. The molecule has 0 fully saturated rings. The summed E-state index contributed by atoms with van der Waals surface area (Å²) in [4.78, 5) is 4.90. The maximum absolute atomic E-state index is 5.32. The molecule has 1 aromatic heterocycles. The number of ether oxygens (including phenoxy) is 1. The minimum atomic E-state index is 0.596. The lowest BCUT2D eigenvalue weighted by Gasteiger charge is -2.36. The molecular weight excluding hydrogens is 372 g/mol. The minimum absolute atomic E-state index is 0.596. The summed E-state index contributed by atoms with van der Waals surface area (Å²) in [7, 11) is 3.90. The summed E-state index contributed by atoms with van der Waals surface area (Å²) in [5, 5.41) is 3.72. The Morgan fingerprint density at radius 1 is 1.03 bits per heavy atom. The molecule has 0 atom stereocenters. The molecule has 0 unspecified atom stereocenters. The molecule has 0 saturated heterocycles. The van der Waals surface area contributed by atoms with Crippen molar-refractivity contribution >= 4 is 17.2 Å². The number of anilines is 3. The lowest BCUT2D eigenvalue weighted by Crippen LogP contribution is -2.41. The molecule has 3 aromatic rings. The third-order valence-corrected chi connectivity index (χ3v) is 5.43. The quantitative estimate of drug-likeness (QED) is 0.590. The molecule has 2 heterocycles. The fraction of sp³-hybridized carbons (Fsp3) is 0.360. The molecule has 0 bridgehead atoms. The molecule has 0 radical (unpaired) electrons. The first kappa shape index (κ1) is 20.4. The molecule has 0 spiro atoms. The minimum Gasteiger partial charge on any atom is -0.497 e. The molecule has 30 heavy (non-hydrogen) atoms. The van der Waals surface area contributed by atoms with Gasteiger partial charge < -0.3 is 19.5 Å². The maximum atomic E-state index is 5.32. The summed E-state index contributed by atoms with van der Waals surface area (Å²) >= 11 is 0. The molecule has 0 aliphatic carbocycles. The van der Waals surface area contributed by atoms with Crippen LogP contribution >= 0.6 is 0 Å². The number of aromatic nitrogens is 1. The predicted octanol–water partition coefficient (Wildman–Crippen LogP) is 5.15. The molecule has 1 aliphatic rings. The van der Waals surface area contributed by atoms with Crippen molar-refractivity contribution in [3.63, 3.8) is 0 Å². The van der Waals surface area contributed by atoms with Gasteiger partial charge in [0.1, 0.15) is 11.6 Å². The van der Waals surface area contributed by atoms with Crippen molar-refractivity contribution in [2.75, 3.05) is 37.6 Å². The van der Waals surface area contributed by atoms with Gasteiger partial charge in [0, 0.05) is 37.1 Å². The summed E-state index contributed by atoms with van der Waals surface area (Å²) < 4.78 is 7.67. The van der Waals surface area contributed by atoms with Gasteiger partial charge in [0.05, 0.1) is 19.5 Å². The average Bonchev–Trinajstić information content (AvgIpc) is 3.05. The van der Waals surface area contributed by atoms with Crippen molar-refractivity contribution in [3.8, 4) is 5.75 Å². The normalized spacial score (nSPS) is 14.1. The number of rotatable bonds is 7. The van der Waals surface area contributed by atoms with Gasteiger partial charge in [-0.05, 0) is 42.8 Å². The first-order valence-electron chi connectivity index (χ1n) is 10.6. The molecule has 1 N–H and O–H groups in total. The predicted molar refractivity (Wildman–Crippen MR) is 125 cm³/mol. The van der Waals surface area contributed by atoms with Crippen molar-refractivity contribution in [2.45, 2.75) is 26.9 Å². The molecule has 5 nitrogen and oxygen atoms in total. The SMILES string of the molecule is COc1ccc(Cn2cc3c(c2Nc2ccccc2)N(CC(C)C)CN(C)C3)cc1. The smallest absolute Gasteiger partial charge is 0.135 e. The second kappa shape index (κ2) is 8.84. The van der Waals surface area contributed by atoms with Gasteiger partial charge in [-0.15, -0.1) is 0 Å². The van der Waals surface area contributed by atoms with Crippen LogP contribution in [-0.4, -0.2) is 36.8 Å². The number of benzene rings is 2. The second-order valence-electron chi connectivity index (χ2n) is 8.59. The molecular formula is C25H32N4O. The van der Waals surface area contributed by atoms with E-state index in [-0.39, 0.29) is 0 Å². The highest BCUT2D eigenvalue weighted by atomic mass is 16.5. The molecule has 5 heteroatoms. The summed E-state index contributed by atoms with van der Waals surface area (Å²) in [6, 6.07) is 18.8. The third kappa shape index (κ3) is 4.46. The van der Waals surface area contributed by atoms with E-state index in [0.29, 0.717) is 5.92 Å². The highest BCUT2D eigenvalue weighted by molar-refractivity contribution is 5.77. The Hall–Kier alpha value is -2.92. The van der Waals surface area contributed by atoms with Crippen LogP contribution < -0.4 is 15.0 Å². The highest BCUT2D eigenvalue weighted by Crippen LogP contribution is 2.39. The van der Waals surface area contributed by atoms with Gasteiger partial charge >= 0.3 is 0 Å². The molecule has 2 aromatic carbocycles. The molecule has 158 valence electrons. The number of nitrogens with zero attached hydrogens (tertiary/aromatic N) is 3. The van der Waals surface area contributed by atoms with Crippen LogP contribution in [0.5, 0.6) is 5.75 Å². The summed E-state index contributed by atoms with van der Waals surface area (Å²) in [6.45, 7) is 8.32. The van der Waals surface area contributed by atoms with Crippen LogP contribution in [0.2, 0.25) is 0 Å². The van der Waals surface area contributed by atoms with E-state index in [4.69, 9.17) is 4.74 Å². The highest BCUT2D eigenvalue weighted by Gasteiger charge is 2.27. The van der Waals surface area contributed by atoms with E-state index in [9.17, 15) is 0 Å². The van der Waals surface area contributed by atoms with Gasteiger partial charge in [0.15, 0.2) is 0 Å². The topological polar surface area (TPSA) is 32.7 Å². The number of fused-ring (bicyclic) bond motifs is 1. The van der Waals surface area contributed by atoms with Gasteiger partial charge in [0.2, 0.25) is 0 Å². The van der Waals surface area contributed by atoms with Crippen molar-refractivity contribution in [2.24, 2.45) is 5.92 Å². The van der Waals surface area contributed by atoms with Crippen LogP contribution in [0.3, 0.4) is 0 Å². The largest absolute Gasteiger partial charge is 0.497 e. The van der Waals surface area contributed by atoms with E-state index < -0.39 is 0 Å². The number of hydrogen-bond acceptors (Lipinski definition) is 4. The summed E-state index contributed by atoms with van der Waals surface area (Å²) in [5.74, 6) is 2.65. The zero-order valence-electron chi connectivity index (χ0n) is 18.4. The Morgan fingerprint density at radius 3 is 2.43 bits per heavy atom. The Kier molecular flexibility index (Phi) is 6.00. The lowest BCUT2D eigenvalue weighted by atomic mass is 10.1. The van der Waals surface area contributed by atoms with E-state index in [0.717, 1.165) is 37.7 Å². The van der Waals surface area contributed by atoms with E-state index >= 15 is 0 Å². The van der Waals surface area contributed by atoms with E-state index in [2.05, 4.69) is 89.2 Å². The number of methoxy groups -OCH3 is 1. The van der Waals surface area contributed by atoms with Crippen molar-refractivity contribution in [1.29, 1.82) is 0 Å². The van der Waals surface area contributed by atoms with Crippen LogP contribution in [0.25, 0.3) is 0 Å². The van der Waals surface area contributed by atoms with Crippen LogP contribution in [0.15, 0.2) is 60.8 Å². The molecule has 0 saturated carbocycles. The standard InChI is InChI=1S/C25H32N4O/c1-19(2)14-29-18-27(3)16-21-17-28(15-20-10-12-23(30-4)13-11-20)25(24(21)29)26-22-8-6-5-7-9-22/h5-13,17,19,26H,14-16,18H2,1-4H3. The lowest BCUT2D eigenvalue weighted by molar-refractivity contribution is 0.304. The van der Waals surface area contributed by atoms with Gasteiger partial charge in [0.25, 0.3) is 0 Å². The average molecular weight is 405 g/mol. The zero-order chi connectivity index (χ0) is 21.1. The number of para-hydroxylation sites is 1. The first-order valence-corrected chi connectivity index (χ1v) is 10.6.